The average Bonchev–Trinajstić information content (AvgIpc) is 2.47. The van der Waals surface area contributed by atoms with E-state index in [1.54, 1.807) is 6.07 Å². The molecule has 1 saturated heterocycles. The maximum Gasteiger partial charge on any atom is 0.245 e. The van der Waals surface area contributed by atoms with Crippen molar-refractivity contribution in [3.63, 3.8) is 0 Å². The summed E-state index contributed by atoms with van der Waals surface area (Å²) in [7, 11) is 0. The van der Waals surface area contributed by atoms with Crippen molar-refractivity contribution in [1.29, 1.82) is 0 Å². The van der Waals surface area contributed by atoms with Crippen molar-refractivity contribution in [2.75, 3.05) is 36.9 Å². The fourth-order valence-electron chi connectivity index (χ4n) is 2.25. The third kappa shape index (κ3) is 3.16. The van der Waals surface area contributed by atoms with E-state index in [4.69, 9.17) is 22.1 Å². The van der Waals surface area contributed by atoms with E-state index in [1.165, 1.54) is 0 Å². The Morgan fingerprint density at radius 1 is 1.60 bits per heavy atom. The summed E-state index contributed by atoms with van der Waals surface area (Å²) < 4.78 is 5.43. The highest BCUT2D eigenvalue weighted by atomic mass is 35.5. The molecule has 1 aromatic rings. The van der Waals surface area contributed by atoms with Gasteiger partial charge in [-0.15, -0.1) is 0 Å². The number of carbonyl (C=O) groups excluding carboxylic acids is 1. The summed E-state index contributed by atoms with van der Waals surface area (Å²) in [4.78, 5) is 14.2. The van der Waals surface area contributed by atoms with Gasteiger partial charge in [-0.3, -0.25) is 4.79 Å². The van der Waals surface area contributed by atoms with Crippen molar-refractivity contribution in [2.24, 2.45) is 0 Å². The van der Waals surface area contributed by atoms with Crippen LogP contribution in [-0.2, 0) is 9.53 Å². The van der Waals surface area contributed by atoms with Gasteiger partial charge < -0.3 is 20.7 Å². The number of carbonyl (C=O) groups is 1. The predicted molar refractivity (Wildman–Crippen MR) is 81.1 cm³/mol. The number of nitrogens with two attached hydrogens (primary N) is 1. The van der Waals surface area contributed by atoms with Gasteiger partial charge in [0, 0.05) is 13.1 Å². The molecule has 1 aromatic carbocycles. The van der Waals surface area contributed by atoms with Crippen LogP contribution in [0.1, 0.15) is 13.3 Å². The topological polar surface area (TPSA) is 67.6 Å². The minimum Gasteiger partial charge on any atom is -0.396 e. The minimum atomic E-state index is -0.365. The molecular formula is C14H20ClN3O2. The zero-order chi connectivity index (χ0) is 14.5. The Kier molecular flexibility index (Phi) is 5.09. The number of halogens is 1. The van der Waals surface area contributed by atoms with Crippen molar-refractivity contribution in [1.82, 2.24) is 5.32 Å². The van der Waals surface area contributed by atoms with Gasteiger partial charge >= 0.3 is 0 Å². The second-order valence-corrected chi connectivity index (χ2v) is 5.15. The number of hydrogen-bond acceptors (Lipinski definition) is 4. The molecular weight excluding hydrogens is 278 g/mol. The summed E-state index contributed by atoms with van der Waals surface area (Å²) in [5.41, 5.74) is 7.32. The van der Waals surface area contributed by atoms with Crippen LogP contribution in [0.5, 0.6) is 0 Å². The Morgan fingerprint density at radius 2 is 2.40 bits per heavy atom. The normalized spacial score (nSPS) is 18.9. The summed E-state index contributed by atoms with van der Waals surface area (Å²) in [6, 6.07) is 5.10. The first-order valence-electron chi connectivity index (χ1n) is 6.81. The average molecular weight is 298 g/mol. The molecule has 5 nitrogen and oxygen atoms in total. The summed E-state index contributed by atoms with van der Waals surface area (Å²) >= 11 is 6.06. The van der Waals surface area contributed by atoms with Gasteiger partial charge in [0.25, 0.3) is 0 Å². The Labute approximate surface area is 124 Å². The van der Waals surface area contributed by atoms with Crippen molar-refractivity contribution < 1.29 is 9.53 Å². The molecule has 0 radical (unpaired) electrons. The molecule has 3 N–H and O–H groups in total. The number of para-hydroxylation sites is 1. The van der Waals surface area contributed by atoms with Crippen LogP contribution in [0.25, 0.3) is 0 Å². The highest BCUT2D eigenvalue weighted by Crippen LogP contribution is 2.32. The van der Waals surface area contributed by atoms with Gasteiger partial charge in [0.1, 0.15) is 6.04 Å². The number of nitrogens with zero attached hydrogens (tertiary/aromatic N) is 1. The molecule has 1 amide bonds. The Hall–Kier alpha value is -1.46. The number of rotatable bonds is 4. The van der Waals surface area contributed by atoms with Crippen molar-refractivity contribution in [2.45, 2.75) is 19.4 Å². The van der Waals surface area contributed by atoms with Gasteiger partial charge in [0.05, 0.1) is 29.6 Å². The highest BCUT2D eigenvalue weighted by Gasteiger charge is 2.30. The summed E-state index contributed by atoms with van der Waals surface area (Å²) in [5, 5.41) is 3.40. The van der Waals surface area contributed by atoms with E-state index in [-0.39, 0.29) is 11.9 Å². The van der Waals surface area contributed by atoms with E-state index < -0.39 is 0 Å². The molecule has 0 spiro atoms. The highest BCUT2D eigenvalue weighted by molar-refractivity contribution is 6.33. The van der Waals surface area contributed by atoms with E-state index >= 15 is 0 Å². The summed E-state index contributed by atoms with van der Waals surface area (Å²) in [6.45, 7) is 4.23. The van der Waals surface area contributed by atoms with E-state index in [1.807, 2.05) is 24.0 Å². The predicted octanol–water partition coefficient (Wildman–Crippen LogP) is 1.65. The molecule has 1 fully saturated rings. The fourth-order valence-corrected chi connectivity index (χ4v) is 2.42. The zero-order valence-electron chi connectivity index (χ0n) is 11.6. The number of nitrogen functional groups attached to an aromatic ring is 1. The molecule has 0 saturated carbocycles. The lowest BCUT2D eigenvalue weighted by Gasteiger charge is -2.37. The minimum absolute atomic E-state index is 0.0362. The molecule has 1 aliphatic rings. The van der Waals surface area contributed by atoms with Crippen LogP contribution < -0.4 is 16.0 Å². The molecule has 0 bridgehead atoms. The van der Waals surface area contributed by atoms with Crippen LogP contribution >= 0.6 is 11.6 Å². The standard InChI is InChI=1S/C14H20ClN3O2/c1-2-6-17-14(19)12-9-20-8-7-18(12)11-5-3-4-10(15)13(11)16/h3-5,12H,2,6-9,16H2,1H3,(H,17,19). The van der Waals surface area contributed by atoms with E-state index in [9.17, 15) is 4.79 Å². The first kappa shape index (κ1) is 14.9. The monoisotopic (exact) mass is 297 g/mol. The Bertz CT molecular complexity index is 481. The molecule has 0 aromatic heterocycles. The molecule has 110 valence electrons. The maximum atomic E-state index is 12.2. The van der Waals surface area contributed by atoms with Crippen LogP contribution in [0, 0.1) is 0 Å². The molecule has 1 heterocycles. The number of ether oxygens (including phenoxy) is 1. The van der Waals surface area contributed by atoms with Crippen LogP contribution in [0.2, 0.25) is 5.02 Å². The van der Waals surface area contributed by atoms with Crippen LogP contribution in [0.3, 0.4) is 0 Å². The second kappa shape index (κ2) is 6.81. The summed E-state index contributed by atoms with van der Waals surface area (Å²) in [6.07, 6.45) is 0.901. The third-order valence-corrected chi connectivity index (χ3v) is 3.65. The van der Waals surface area contributed by atoms with Gasteiger partial charge in [-0.05, 0) is 18.6 Å². The van der Waals surface area contributed by atoms with E-state index in [0.29, 0.717) is 37.0 Å². The van der Waals surface area contributed by atoms with Gasteiger partial charge in [0.2, 0.25) is 5.91 Å². The van der Waals surface area contributed by atoms with Crippen LogP contribution in [-0.4, -0.2) is 38.3 Å². The molecule has 1 unspecified atom stereocenters. The lowest BCUT2D eigenvalue weighted by atomic mass is 10.1. The number of anilines is 2. The molecule has 0 aliphatic carbocycles. The lowest BCUT2D eigenvalue weighted by Crippen LogP contribution is -2.54. The fraction of sp³-hybridized carbons (Fsp3) is 0.500. The molecule has 1 aliphatic heterocycles. The Balaban J connectivity index is 2.22. The molecule has 1 atom stereocenters. The third-order valence-electron chi connectivity index (χ3n) is 3.32. The summed E-state index contributed by atoms with van der Waals surface area (Å²) in [5.74, 6) is -0.0362. The van der Waals surface area contributed by atoms with Gasteiger partial charge in [0.15, 0.2) is 0 Å². The number of nitrogens with one attached hydrogen (secondary N) is 1. The quantitative estimate of drug-likeness (QED) is 0.829. The maximum absolute atomic E-state index is 12.2. The number of morpholine rings is 1. The van der Waals surface area contributed by atoms with E-state index in [2.05, 4.69) is 5.32 Å². The SMILES string of the molecule is CCCNC(=O)C1COCCN1c1cccc(Cl)c1N. The molecule has 6 heteroatoms. The number of hydrogen-bond donors (Lipinski definition) is 2. The van der Waals surface area contributed by atoms with Gasteiger partial charge in [-0.1, -0.05) is 24.6 Å². The van der Waals surface area contributed by atoms with E-state index in [0.717, 1.165) is 12.1 Å². The van der Waals surface area contributed by atoms with Crippen molar-refractivity contribution >= 4 is 28.9 Å². The number of amides is 1. The lowest BCUT2D eigenvalue weighted by molar-refractivity contribution is -0.124. The van der Waals surface area contributed by atoms with Crippen LogP contribution in [0.4, 0.5) is 11.4 Å². The smallest absolute Gasteiger partial charge is 0.245 e. The van der Waals surface area contributed by atoms with Crippen LogP contribution in [0.15, 0.2) is 18.2 Å². The van der Waals surface area contributed by atoms with Crippen molar-refractivity contribution in [3.8, 4) is 0 Å². The second-order valence-electron chi connectivity index (χ2n) is 4.75. The zero-order valence-corrected chi connectivity index (χ0v) is 12.3. The first-order valence-corrected chi connectivity index (χ1v) is 7.19. The Morgan fingerprint density at radius 3 is 3.15 bits per heavy atom. The largest absolute Gasteiger partial charge is 0.396 e. The van der Waals surface area contributed by atoms with Gasteiger partial charge in [-0.2, -0.15) is 0 Å². The van der Waals surface area contributed by atoms with Crippen molar-refractivity contribution in [3.05, 3.63) is 23.2 Å². The number of benzene rings is 1. The molecule has 20 heavy (non-hydrogen) atoms. The van der Waals surface area contributed by atoms with Gasteiger partial charge in [-0.25, -0.2) is 0 Å². The first-order chi connectivity index (χ1) is 9.65. The molecule has 2 rings (SSSR count).